The van der Waals surface area contributed by atoms with Crippen LogP contribution < -0.4 is 0 Å². The number of halogens is 1. The topological polar surface area (TPSA) is 69.1 Å². The quantitative estimate of drug-likeness (QED) is 0.582. The Hall–Kier alpha value is -1.95. The summed E-state index contributed by atoms with van der Waals surface area (Å²) in [6.07, 6.45) is 3.02. The predicted octanol–water partition coefficient (Wildman–Crippen LogP) is 1.43. The van der Waals surface area contributed by atoms with E-state index in [0.29, 0.717) is 22.3 Å². The highest BCUT2D eigenvalue weighted by molar-refractivity contribution is 6.29. The van der Waals surface area contributed by atoms with E-state index in [2.05, 4.69) is 20.3 Å². The molecule has 0 N–H and O–H groups in total. The van der Waals surface area contributed by atoms with Gasteiger partial charge in [0.25, 0.3) is 0 Å². The lowest BCUT2D eigenvalue weighted by molar-refractivity contribution is 0.421. The second-order valence-electron chi connectivity index (χ2n) is 2.85. The molecule has 3 aromatic heterocycles. The lowest BCUT2D eigenvalue weighted by Crippen LogP contribution is -1.90. The average Bonchev–Trinajstić information content (AvgIpc) is 2.82. The van der Waals surface area contributed by atoms with E-state index in [1.165, 1.54) is 6.26 Å². The molecule has 3 heterocycles. The molecule has 0 aromatic carbocycles. The van der Waals surface area contributed by atoms with E-state index in [0.717, 1.165) is 0 Å². The minimum atomic E-state index is 0.376. The number of nitrogens with zero attached hydrogens (tertiary/aromatic N) is 5. The zero-order chi connectivity index (χ0) is 10.3. The molecule has 0 fully saturated rings. The summed E-state index contributed by atoms with van der Waals surface area (Å²) in [5, 5.41) is 12.1. The van der Waals surface area contributed by atoms with Crippen molar-refractivity contribution < 1.29 is 4.52 Å². The molecule has 74 valence electrons. The van der Waals surface area contributed by atoms with Crippen molar-refractivity contribution in [3.63, 3.8) is 0 Å². The third kappa shape index (κ3) is 1.26. The standard InChI is InChI=1S/C8H4ClN5O/c9-6-3-7-11-12-8(14(7)4-10-6)5-1-2-15-13-5/h1-4H. The first-order valence-electron chi connectivity index (χ1n) is 4.11. The fourth-order valence-corrected chi connectivity index (χ4v) is 1.42. The van der Waals surface area contributed by atoms with Crippen LogP contribution >= 0.6 is 11.6 Å². The molecule has 0 saturated heterocycles. The summed E-state index contributed by atoms with van der Waals surface area (Å²) in [5.41, 5.74) is 1.22. The molecule has 0 aliphatic heterocycles. The van der Waals surface area contributed by atoms with E-state index in [9.17, 15) is 0 Å². The zero-order valence-corrected chi connectivity index (χ0v) is 8.09. The smallest absolute Gasteiger partial charge is 0.191 e. The normalized spacial score (nSPS) is 11.0. The Balaban J connectivity index is 2.29. The molecule has 6 nitrogen and oxygen atoms in total. The molecule has 0 aliphatic rings. The molecule has 0 radical (unpaired) electrons. The first-order valence-corrected chi connectivity index (χ1v) is 4.49. The third-order valence-corrected chi connectivity index (χ3v) is 2.14. The van der Waals surface area contributed by atoms with Gasteiger partial charge in [-0.3, -0.25) is 4.40 Å². The SMILES string of the molecule is Clc1cc2nnc(-c3ccon3)n2cn1. The van der Waals surface area contributed by atoms with Crippen LogP contribution in [0.15, 0.2) is 29.2 Å². The number of fused-ring (bicyclic) bond motifs is 1. The van der Waals surface area contributed by atoms with Gasteiger partial charge in [-0.15, -0.1) is 10.2 Å². The van der Waals surface area contributed by atoms with Crippen molar-refractivity contribution in [2.24, 2.45) is 0 Å². The summed E-state index contributed by atoms with van der Waals surface area (Å²) < 4.78 is 6.42. The van der Waals surface area contributed by atoms with Crippen LogP contribution in [0.1, 0.15) is 0 Å². The van der Waals surface area contributed by atoms with Crippen molar-refractivity contribution in [1.29, 1.82) is 0 Å². The highest BCUT2D eigenvalue weighted by Crippen LogP contribution is 2.16. The van der Waals surface area contributed by atoms with Gasteiger partial charge in [0, 0.05) is 12.1 Å². The van der Waals surface area contributed by atoms with Crippen molar-refractivity contribution in [3.05, 3.63) is 29.9 Å². The summed E-state index contributed by atoms with van der Waals surface area (Å²) in [5.74, 6) is 0.572. The molecule has 0 bridgehead atoms. The Bertz CT molecular complexity index is 603. The number of aromatic nitrogens is 5. The van der Waals surface area contributed by atoms with Gasteiger partial charge in [0.05, 0.1) is 0 Å². The van der Waals surface area contributed by atoms with Crippen molar-refractivity contribution in [1.82, 2.24) is 24.7 Å². The van der Waals surface area contributed by atoms with E-state index in [-0.39, 0.29) is 0 Å². The zero-order valence-electron chi connectivity index (χ0n) is 7.33. The molecule has 0 amide bonds. The van der Waals surface area contributed by atoms with Gasteiger partial charge in [0.1, 0.15) is 17.7 Å². The highest BCUT2D eigenvalue weighted by atomic mass is 35.5. The van der Waals surface area contributed by atoms with Crippen LogP contribution in [0.2, 0.25) is 5.15 Å². The fraction of sp³-hybridized carbons (Fsp3) is 0. The summed E-state index contributed by atoms with van der Waals surface area (Å²) in [6.45, 7) is 0. The van der Waals surface area contributed by atoms with Gasteiger partial charge in [-0.25, -0.2) is 4.98 Å². The molecule has 3 aromatic rings. The van der Waals surface area contributed by atoms with Gasteiger partial charge < -0.3 is 4.52 Å². The van der Waals surface area contributed by atoms with Gasteiger partial charge in [-0.05, 0) is 0 Å². The van der Waals surface area contributed by atoms with E-state index in [1.807, 2.05) is 0 Å². The molecule has 15 heavy (non-hydrogen) atoms. The Morgan fingerprint density at radius 3 is 3.07 bits per heavy atom. The van der Waals surface area contributed by atoms with Gasteiger partial charge in [0.15, 0.2) is 17.2 Å². The first-order chi connectivity index (χ1) is 7.34. The maximum absolute atomic E-state index is 5.73. The lowest BCUT2D eigenvalue weighted by atomic mass is 10.4. The molecule has 0 aliphatic carbocycles. The van der Waals surface area contributed by atoms with Crippen LogP contribution in [-0.2, 0) is 0 Å². The van der Waals surface area contributed by atoms with Crippen LogP contribution in [0.3, 0.4) is 0 Å². The Morgan fingerprint density at radius 2 is 2.27 bits per heavy atom. The Labute approximate surface area is 88.5 Å². The number of rotatable bonds is 1. The van der Waals surface area contributed by atoms with Crippen molar-refractivity contribution in [2.45, 2.75) is 0 Å². The average molecular weight is 222 g/mol. The second-order valence-corrected chi connectivity index (χ2v) is 3.24. The molecule has 0 unspecified atom stereocenters. The van der Waals surface area contributed by atoms with E-state index >= 15 is 0 Å². The molecule has 7 heteroatoms. The molecule has 3 rings (SSSR count). The lowest BCUT2D eigenvalue weighted by Gasteiger charge is -1.94. The van der Waals surface area contributed by atoms with Crippen LogP contribution in [0, 0.1) is 0 Å². The summed E-state index contributed by atoms with van der Waals surface area (Å²) >= 11 is 5.73. The fourth-order valence-electron chi connectivity index (χ4n) is 1.27. The minimum Gasteiger partial charge on any atom is -0.364 e. The van der Waals surface area contributed by atoms with Crippen molar-refractivity contribution >= 4 is 17.2 Å². The minimum absolute atomic E-state index is 0.376. The van der Waals surface area contributed by atoms with Crippen LogP contribution in [0.4, 0.5) is 0 Å². The van der Waals surface area contributed by atoms with Crippen LogP contribution in [0.5, 0.6) is 0 Å². The summed E-state index contributed by atoms with van der Waals surface area (Å²) in [4.78, 5) is 3.94. The van der Waals surface area contributed by atoms with Crippen molar-refractivity contribution in [3.8, 4) is 11.5 Å². The third-order valence-electron chi connectivity index (χ3n) is 1.93. The van der Waals surface area contributed by atoms with Gasteiger partial charge >= 0.3 is 0 Å². The maximum atomic E-state index is 5.73. The number of hydrogen-bond donors (Lipinski definition) is 0. The van der Waals surface area contributed by atoms with Crippen LogP contribution in [-0.4, -0.2) is 24.7 Å². The molecule has 0 saturated carbocycles. The van der Waals surface area contributed by atoms with E-state index in [1.54, 1.807) is 22.9 Å². The summed E-state index contributed by atoms with van der Waals surface area (Å²) in [6, 6.07) is 3.32. The predicted molar refractivity (Wildman–Crippen MR) is 51.3 cm³/mol. The van der Waals surface area contributed by atoms with Gasteiger partial charge in [0.2, 0.25) is 0 Å². The highest BCUT2D eigenvalue weighted by Gasteiger charge is 2.10. The Kier molecular flexibility index (Phi) is 1.69. The van der Waals surface area contributed by atoms with Crippen molar-refractivity contribution in [2.75, 3.05) is 0 Å². The van der Waals surface area contributed by atoms with Gasteiger partial charge in [-0.1, -0.05) is 16.8 Å². The second kappa shape index (κ2) is 3.03. The Morgan fingerprint density at radius 1 is 1.33 bits per heavy atom. The maximum Gasteiger partial charge on any atom is 0.191 e. The molecular weight excluding hydrogens is 218 g/mol. The molecule has 0 atom stereocenters. The largest absolute Gasteiger partial charge is 0.364 e. The summed E-state index contributed by atoms with van der Waals surface area (Å²) in [7, 11) is 0. The van der Waals surface area contributed by atoms with Gasteiger partial charge in [-0.2, -0.15) is 0 Å². The van der Waals surface area contributed by atoms with Crippen LogP contribution in [0.25, 0.3) is 17.2 Å². The molecule has 0 spiro atoms. The first kappa shape index (κ1) is 8.37. The monoisotopic (exact) mass is 221 g/mol. The number of hydrogen-bond acceptors (Lipinski definition) is 5. The van der Waals surface area contributed by atoms with E-state index < -0.39 is 0 Å². The van der Waals surface area contributed by atoms with E-state index in [4.69, 9.17) is 16.1 Å². The molecular formula is C8H4ClN5O.